The van der Waals surface area contributed by atoms with Crippen molar-refractivity contribution in [1.29, 1.82) is 0 Å². The molecule has 1 aromatic rings. The monoisotopic (exact) mass is 232 g/mol. The topological polar surface area (TPSA) is 16.6 Å². The van der Waals surface area contributed by atoms with Gasteiger partial charge in [-0.1, -0.05) is 50.6 Å². The van der Waals surface area contributed by atoms with Crippen molar-refractivity contribution in [3.8, 4) is 0 Å². The van der Waals surface area contributed by atoms with Crippen molar-refractivity contribution < 1.29 is 5.32 Å². The first-order valence-electron chi connectivity index (χ1n) is 7.17. The van der Waals surface area contributed by atoms with Crippen LogP contribution in [0.2, 0.25) is 0 Å². The molecule has 1 saturated carbocycles. The molecule has 0 amide bonds. The lowest BCUT2D eigenvalue weighted by atomic mass is 9.90. The minimum absolute atomic E-state index is 0.638. The van der Waals surface area contributed by atoms with E-state index in [1.165, 1.54) is 37.7 Å². The fraction of sp³-hybridized carbons (Fsp3) is 0.625. The van der Waals surface area contributed by atoms with Gasteiger partial charge in [0.1, 0.15) is 6.04 Å². The summed E-state index contributed by atoms with van der Waals surface area (Å²) in [4.78, 5) is 0. The van der Waals surface area contributed by atoms with Crippen LogP contribution in [0, 0.1) is 5.92 Å². The quantitative estimate of drug-likeness (QED) is 0.820. The predicted octanol–water partition coefficient (Wildman–Crippen LogP) is 3.28. The zero-order valence-corrected chi connectivity index (χ0v) is 11.2. The average Bonchev–Trinajstić information content (AvgIpc) is 2.38. The summed E-state index contributed by atoms with van der Waals surface area (Å²) in [5, 5.41) is 2.64. The fourth-order valence-corrected chi connectivity index (χ4v) is 3.01. The van der Waals surface area contributed by atoms with Crippen molar-refractivity contribution >= 4 is 0 Å². The van der Waals surface area contributed by atoms with Gasteiger partial charge in [0.05, 0.1) is 6.04 Å². The Hall–Kier alpha value is -0.820. The number of hydrogen-bond acceptors (Lipinski definition) is 0. The third-order valence-electron chi connectivity index (χ3n) is 4.03. The van der Waals surface area contributed by atoms with E-state index in [-0.39, 0.29) is 0 Å². The summed E-state index contributed by atoms with van der Waals surface area (Å²) in [6.07, 6.45) is 7.13. The summed E-state index contributed by atoms with van der Waals surface area (Å²) < 4.78 is 0. The average molecular weight is 232 g/mol. The highest BCUT2D eigenvalue weighted by atomic mass is 15.0. The molecule has 1 aromatic carbocycles. The molecule has 1 aliphatic rings. The molecule has 1 aliphatic carbocycles. The molecule has 2 N–H and O–H groups in total. The first-order chi connectivity index (χ1) is 8.27. The molecule has 0 aromatic heterocycles. The van der Waals surface area contributed by atoms with Crippen molar-refractivity contribution in [2.24, 2.45) is 5.92 Å². The van der Waals surface area contributed by atoms with E-state index in [9.17, 15) is 0 Å². The Labute approximate surface area is 106 Å². The van der Waals surface area contributed by atoms with Crippen LogP contribution in [0.3, 0.4) is 0 Å². The zero-order chi connectivity index (χ0) is 12.1. The third kappa shape index (κ3) is 3.57. The van der Waals surface area contributed by atoms with Gasteiger partial charge in [-0.2, -0.15) is 0 Å². The highest BCUT2D eigenvalue weighted by molar-refractivity contribution is 5.17. The second-order valence-corrected chi connectivity index (χ2v) is 5.77. The van der Waals surface area contributed by atoms with Crippen LogP contribution in [0.5, 0.6) is 0 Å². The second kappa shape index (κ2) is 6.20. The Morgan fingerprint density at radius 2 is 1.65 bits per heavy atom. The second-order valence-electron chi connectivity index (χ2n) is 5.77. The molecular weight excluding hydrogens is 206 g/mol. The van der Waals surface area contributed by atoms with Crippen LogP contribution < -0.4 is 5.32 Å². The van der Waals surface area contributed by atoms with Crippen LogP contribution >= 0.6 is 0 Å². The van der Waals surface area contributed by atoms with Crippen molar-refractivity contribution in [3.63, 3.8) is 0 Å². The maximum atomic E-state index is 2.64. The largest absolute Gasteiger partial charge is 0.337 e. The van der Waals surface area contributed by atoms with Gasteiger partial charge in [0.2, 0.25) is 0 Å². The maximum Gasteiger partial charge on any atom is 0.114 e. The van der Waals surface area contributed by atoms with Gasteiger partial charge >= 0.3 is 0 Å². The molecule has 2 rings (SSSR count). The first kappa shape index (κ1) is 12.6. The van der Waals surface area contributed by atoms with Crippen molar-refractivity contribution in [2.75, 3.05) is 0 Å². The summed E-state index contributed by atoms with van der Waals surface area (Å²) >= 11 is 0. The Morgan fingerprint density at radius 3 is 2.24 bits per heavy atom. The van der Waals surface area contributed by atoms with E-state index in [0.29, 0.717) is 12.0 Å². The van der Waals surface area contributed by atoms with Gasteiger partial charge < -0.3 is 5.32 Å². The summed E-state index contributed by atoms with van der Waals surface area (Å²) in [6.45, 7) is 4.69. The first-order valence-corrected chi connectivity index (χ1v) is 7.17. The number of hydrogen-bond donors (Lipinski definition) is 1. The highest BCUT2D eigenvalue weighted by Crippen LogP contribution is 2.20. The Balaban J connectivity index is 2.02. The molecule has 1 atom stereocenters. The molecule has 94 valence electrons. The van der Waals surface area contributed by atoms with E-state index >= 15 is 0 Å². The van der Waals surface area contributed by atoms with Crippen LogP contribution in [0.4, 0.5) is 0 Å². The molecule has 1 nitrogen and oxygen atoms in total. The van der Waals surface area contributed by atoms with Crippen LogP contribution in [-0.2, 0) is 0 Å². The van der Waals surface area contributed by atoms with Gasteiger partial charge in [-0.15, -0.1) is 0 Å². The molecule has 0 heterocycles. The Kier molecular flexibility index (Phi) is 4.61. The van der Waals surface area contributed by atoms with E-state index in [2.05, 4.69) is 49.5 Å². The molecule has 0 aliphatic heterocycles. The molecule has 0 saturated heterocycles. The number of benzene rings is 1. The van der Waals surface area contributed by atoms with Gasteiger partial charge in [0.15, 0.2) is 0 Å². The van der Waals surface area contributed by atoms with Crippen molar-refractivity contribution in [2.45, 2.75) is 58.0 Å². The molecule has 0 radical (unpaired) electrons. The molecule has 0 spiro atoms. The minimum atomic E-state index is 0.638. The van der Waals surface area contributed by atoms with Crippen LogP contribution in [-0.4, -0.2) is 6.04 Å². The van der Waals surface area contributed by atoms with Crippen LogP contribution in [0.15, 0.2) is 30.3 Å². The Bertz CT molecular complexity index is 312. The van der Waals surface area contributed by atoms with Crippen molar-refractivity contribution in [3.05, 3.63) is 35.9 Å². The SMILES string of the molecule is CC(C)[C@@H]([NH2+]C1CCCCC1)c1ccccc1. The molecule has 0 unspecified atom stereocenters. The standard InChI is InChI=1S/C16H25N/c1-13(2)16(14-9-5-3-6-10-14)17-15-11-7-4-8-12-15/h3,5-6,9-10,13,15-17H,4,7-8,11-12H2,1-2H3/p+1/t16-/m1/s1. The Morgan fingerprint density at radius 1 is 1.00 bits per heavy atom. The number of quaternary nitrogens is 1. The lowest BCUT2D eigenvalue weighted by molar-refractivity contribution is -0.735. The van der Waals surface area contributed by atoms with Crippen LogP contribution in [0.1, 0.15) is 57.6 Å². The normalized spacial score (nSPS) is 19.5. The molecule has 0 bridgehead atoms. The highest BCUT2D eigenvalue weighted by Gasteiger charge is 2.24. The van der Waals surface area contributed by atoms with Gasteiger partial charge in [-0.25, -0.2) is 0 Å². The van der Waals surface area contributed by atoms with Gasteiger partial charge in [0, 0.05) is 11.5 Å². The minimum Gasteiger partial charge on any atom is -0.337 e. The fourth-order valence-electron chi connectivity index (χ4n) is 3.01. The van der Waals surface area contributed by atoms with Crippen LogP contribution in [0.25, 0.3) is 0 Å². The molecule has 1 heteroatoms. The maximum absolute atomic E-state index is 2.64. The summed E-state index contributed by atoms with van der Waals surface area (Å²) in [7, 11) is 0. The van der Waals surface area contributed by atoms with E-state index in [1.54, 1.807) is 0 Å². The number of nitrogens with two attached hydrogens (primary N) is 1. The summed E-state index contributed by atoms with van der Waals surface area (Å²) in [5.41, 5.74) is 1.49. The smallest absolute Gasteiger partial charge is 0.114 e. The van der Waals surface area contributed by atoms with Gasteiger partial charge in [-0.05, 0) is 25.7 Å². The van der Waals surface area contributed by atoms with Gasteiger partial charge in [0.25, 0.3) is 0 Å². The lowest BCUT2D eigenvalue weighted by Crippen LogP contribution is -2.91. The summed E-state index contributed by atoms with van der Waals surface area (Å²) in [5.74, 6) is 0.708. The molecule has 1 fully saturated rings. The lowest BCUT2D eigenvalue weighted by Gasteiger charge is -2.27. The number of rotatable bonds is 4. The van der Waals surface area contributed by atoms with E-state index < -0.39 is 0 Å². The van der Waals surface area contributed by atoms with Crippen molar-refractivity contribution in [1.82, 2.24) is 0 Å². The van der Waals surface area contributed by atoms with E-state index in [4.69, 9.17) is 0 Å². The zero-order valence-electron chi connectivity index (χ0n) is 11.2. The van der Waals surface area contributed by atoms with E-state index in [1.807, 2.05) is 0 Å². The van der Waals surface area contributed by atoms with E-state index in [0.717, 1.165) is 6.04 Å². The summed E-state index contributed by atoms with van der Waals surface area (Å²) in [6, 6.07) is 12.5. The third-order valence-corrected chi connectivity index (χ3v) is 4.03. The van der Waals surface area contributed by atoms with Gasteiger partial charge in [-0.3, -0.25) is 0 Å². The molecular formula is C16H26N+. The predicted molar refractivity (Wildman–Crippen MR) is 72.8 cm³/mol. The molecule has 17 heavy (non-hydrogen) atoms.